The van der Waals surface area contributed by atoms with E-state index in [9.17, 15) is 4.39 Å². The van der Waals surface area contributed by atoms with E-state index in [4.69, 9.17) is 17.0 Å². The van der Waals surface area contributed by atoms with Crippen molar-refractivity contribution in [2.75, 3.05) is 37.0 Å². The van der Waals surface area contributed by atoms with Crippen LogP contribution in [-0.4, -0.2) is 41.8 Å². The summed E-state index contributed by atoms with van der Waals surface area (Å²) < 4.78 is 18.3. The molecule has 8 heteroatoms. The molecule has 1 aromatic heterocycles. The minimum Gasteiger partial charge on any atom is -0.481 e. The van der Waals surface area contributed by atoms with E-state index in [0.29, 0.717) is 23.5 Å². The van der Waals surface area contributed by atoms with Crippen molar-refractivity contribution >= 4 is 29.1 Å². The Balaban J connectivity index is 1.52. The molecule has 1 fully saturated rings. The smallest absolute Gasteiger partial charge is 0.234 e. The van der Waals surface area contributed by atoms with Gasteiger partial charge in [0.2, 0.25) is 11.8 Å². The number of nitrogens with zero attached hydrogens (tertiary/aromatic N) is 3. The topological polar surface area (TPSA) is 62.3 Å². The Labute approximate surface area is 176 Å². The predicted octanol–water partition coefficient (Wildman–Crippen LogP) is 3.92. The molecule has 0 saturated carbocycles. The predicted molar refractivity (Wildman–Crippen MR) is 118 cm³/mol. The van der Waals surface area contributed by atoms with Gasteiger partial charge in [-0.1, -0.05) is 25.0 Å². The maximum absolute atomic E-state index is 12.9. The molecular weight excluding hydrogens is 389 g/mol. The third-order valence-electron chi connectivity index (χ3n) is 4.89. The molecule has 0 radical (unpaired) electrons. The highest BCUT2D eigenvalue weighted by atomic mass is 32.1. The lowest BCUT2D eigenvalue weighted by molar-refractivity contribution is 0.397. The average molecular weight is 418 g/mol. The van der Waals surface area contributed by atoms with Crippen molar-refractivity contribution < 1.29 is 9.13 Å². The molecule has 0 amide bonds. The third-order valence-corrected chi connectivity index (χ3v) is 5.14. The summed E-state index contributed by atoms with van der Waals surface area (Å²) in [6.07, 6.45) is 6.59. The molecule has 29 heavy (non-hydrogen) atoms. The van der Waals surface area contributed by atoms with Crippen molar-refractivity contribution in [1.82, 2.24) is 15.3 Å². The van der Waals surface area contributed by atoms with E-state index < -0.39 is 0 Å². The number of hydrogen-bond donors (Lipinski definition) is 2. The Bertz CT molecular complexity index is 794. The molecule has 1 aromatic carbocycles. The highest BCUT2D eigenvalue weighted by Crippen LogP contribution is 2.22. The number of aromatic nitrogens is 2. The third kappa shape index (κ3) is 6.81. The zero-order chi connectivity index (χ0) is 20.5. The van der Waals surface area contributed by atoms with Gasteiger partial charge in [-0.05, 0) is 55.6 Å². The number of ether oxygens (including phenoxy) is 1. The lowest BCUT2D eigenvalue weighted by Gasteiger charge is -2.22. The number of anilines is 2. The van der Waals surface area contributed by atoms with E-state index in [1.54, 1.807) is 19.2 Å². The largest absolute Gasteiger partial charge is 0.481 e. The number of halogens is 1. The van der Waals surface area contributed by atoms with Crippen LogP contribution in [0.4, 0.5) is 16.2 Å². The van der Waals surface area contributed by atoms with Gasteiger partial charge in [-0.15, -0.1) is 0 Å². The fourth-order valence-electron chi connectivity index (χ4n) is 3.33. The van der Waals surface area contributed by atoms with Crippen LogP contribution < -0.4 is 20.3 Å². The van der Waals surface area contributed by atoms with Crippen LogP contribution in [0.5, 0.6) is 5.88 Å². The van der Waals surface area contributed by atoms with Gasteiger partial charge < -0.3 is 20.3 Å². The standard InChI is InChI=1S/C21H28FN5OS/c1-28-19-15-18(27-13-4-2-3-5-14-27)24-20(25-19)26-21(29)23-12-6-7-16-8-10-17(22)11-9-16/h8-11,15H,2-7,12-14H2,1H3,(H2,23,24,25,26,29). The van der Waals surface area contributed by atoms with E-state index in [-0.39, 0.29) is 5.82 Å². The lowest BCUT2D eigenvalue weighted by Crippen LogP contribution is -2.31. The molecule has 1 aliphatic rings. The Kier molecular flexibility index (Phi) is 7.98. The Morgan fingerprint density at radius 1 is 1.14 bits per heavy atom. The summed E-state index contributed by atoms with van der Waals surface area (Å²) in [4.78, 5) is 11.3. The summed E-state index contributed by atoms with van der Waals surface area (Å²) in [5.74, 6) is 1.59. The first-order chi connectivity index (χ1) is 14.1. The SMILES string of the molecule is COc1cc(N2CCCCCC2)nc(NC(=S)NCCCc2ccc(F)cc2)n1. The van der Waals surface area contributed by atoms with Crippen molar-refractivity contribution in [3.63, 3.8) is 0 Å². The van der Waals surface area contributed by atoms with Crippen LogP contribution in [0.2, 0.25) is 0 Å². The van der Waals surface area contributed by atoms with Crippen LogP contribution in [0.1, 0.15) is 37.7 Å². The van der Waals surface area contributed by atoms with Crippen molar-refractivity contribution in [3.8, 4) is 5.88 Å². The monoisotopic (exact) mass is 417 g/mol. The second-order valence-corrected chi connectivity index (χ2v) is 7.51. The van der Waals surface area contributed by atoms with Crippen LogP contribution in [-0.2, 0) is 6.42 Å². The van der Waals surface area contributed by atoms with E-state index in [0.717, 1.165) is 37.3 Å². The van der Waals surface area contributed by atoms with E-state index in [1.807, 2.05) is 6.07 Å². The molecule has 0 aliphatic carbocycles. The highest BCUT2D eigenvalue weighted by Gasteiger charge is 2.14. The summed E-state index contributed by atoms with van der Waals surface area (Å²) in [7, 11) is 1.60. The maximum Gasteiger partial charge on any atom is 0.234 e. The first-order valence-corrected chi connectivity index (χ1v) is 10.5. The van der Waals surface area contributed by atoms with Crippen LogP contribution in [0.25, 0.3) is 0 Å². The van der Waals surface area contributed by atoms with Gasteiger partial charge in [0.1, 0.15) is 11.6 Å². The molecule has 0 spiro atoms. The summed E-state index contributed by atoms with van der Waals surface area (Å²) in [5.41, 5.74) is 1.10. The Morgan fingerprint density at radius 3 is 2.55 bits per heavy atom. The van der Waals surface area contributed by atoms with Crippen molar-refractivity contribution in [3.05, 3.63) is 41.7 Å². The molecule has 6 nitrogen and oxygen atoms in total. The van der Waals surface area contributed by atoms with Crippen LogP contribution >= 0.6 is 12.2 Å². The van der Waals surface area contributed by atoms with Gasteiger partial charge in [0, 0.05) is 25.7 Å². The number of methoxy groups -OCH3 is 1. The number of hydrogen-bond acceptors (Lipinski definition) is 5. The lowest BCUT2D eigenvalue weighted by atomic mass is 10.1. The molecular formula is C21H28FN5OS. The zero-order valence-electron chi connectivity index (χ0n) is 16.8. The molecule has 0 unspecified atom stereocenters. The molecule has 2 N–H and O–H groups in total. The van der Waals surface area contributed by atoms with E-state index in [1.165, 1.54) is 37.8 Å². The quantitative estimate of drug-likeness (QED) is 0.523. The van der Waals surface area contributed by atoms with Gasteiger partial charge >= 0.3 is 0 Å². The highest BCUT2D eigenvalue weighted by molar-refractivity contribution is 7.80. The second kappa shape index (κ2) is 10.9. The summed E-state index contributed by atoms with van der Waals surface area (Å²) in [5, 5.41) is 6.70. The first kappa shape index (κ1) is 21.2. The van der Waals surface area contributed by atoms with Crippen molar-refractivity contribution in [2.24, 2.45) is 0 Å². The molecule has 2 heterocycles. The molecule has 1 aliphatic heterocycles. The van der Waals surface area contributed by atoms with Gasteiger partial charge in [0.25, 0.3) is 0 Å². The van der Waals surface area contributed by atoms with Gasteiger partial charge in [-0.25, -0.2) is 4.39 Å². The van der Waals surface area contributed by atoms with Crippen molar-refractivity contribution in [2.45, 2.75) is 38.5 Å². The van der Waals surface area contributed by atoms with Gasteiger partial charge in [-0.2, -0.15) is 9.97 Å². The van der Waals surface area contributed by atoms with Crippen LogP contribution in [0.3, 0.4) is 0 Å². The zero-order valence-corrected chi connectivity index (χ0v) is 17.6. The minimum absolute atomic E-state index is 0.213. The second-order valence-electron chi connectivity index (χ2n) is 7.10. The fraction of sp³-hybridized carbons (Fsp3) is 0.476. The van der Waals surface area contributed by atoms with Crippen LogP contribution in [0.15, 0.2) is 30.3 Å². The fourth-order valence-corrected chi connectivity index (χ4v) is 3.52. The maximum atomic E-state index is 12.9. The summed E-state index contributed by atoms with van der Waals surface area (Å²) >= 11 is 5.38. The molecule has 1 saturated heterocycles. The normalized spacial score (nSPS) is 14.2. The van der Waals surface area contributed by atoms with Crippen LogP contribution in [0, 0.1) is 5.82 Å². The minimum atomic E-state index is -0.213. The van der Waals surface area contributed by atoms with Gasteiger partial charge in [0.15, 0.2) is 5.11 Å². The Hall–Kier alpha value is -2.48. The molecule has 156 valence electrons. The number of rotatable bonds is 7. The van der Waals surface area contributed by atoms with Gasteiger partial charge in [0.05, 0.1) is 7.11 Å². The number of nitrogens with one attached hydrogen (secondary N) is 2. The van der Waals surface area contributed by atoms with Gasteiger partial charge in [-0.3, -0.25) is 0 Å². The van der Waals surface area contributed by atoms with E-state index in [2.05, 4.69) is 25.5 Å². The summed E-state index contributed by atoms with van der Waals surface area (Å²) in [6, 6.07) is 8.45. The molecule has 2 aromatic rings. The number of benzene rings is 1. The number of thiocarbonyl (C=S) groups is 1. The number of aryl methyl sites for hydroxylation is 1. The average Bonchev–Trinajstić information content (AvgIpc) is 3.02. The molecule has 0 atom stereocenters. The summed E-state index contributed by atoms with van der Waals surface area (Å²) in [6.45, 7) is 2.68. The van der Waals surface area contributed by atoms with Crippen molar-refractivity contribution in [1.29, 1.82) is 0 Å². The molecule has 3 rings (SSSR count). The first-order valence-electron chi connectivity index (χ1n) is 10.1. The molecule has 0 bridgehead atoms. The van der Waals surface area contributed by atoms with E-state index >= 15 is 0 Å². The Morgan fingerprint density at radius 2 is 1.86 bits per heavy atom.